The van der Waals surface area contributed by atoms with E-state index in [0.717, 1.165) is 13.0 Å². The molecule has 124 valence electrons. The molecule has 1 aromatic rings. The van der Waals surface area contributed by atoms with Gasteiger partial charge in [0.05, 0.1) is 13.2 Å². The summed E-state index contributed by atoms with van der Waals surface area (Å²) in [5, 5.41) is 0. The highest BCUT2D eigenvalue weighted by atomic mass is 16.5. The zero-order valence-electron chi connectivity index (χ0n) is 15.0. The molecule has 1 aromatic carbocycles. The van der Waals surface area contributed by atoms with Crippen molar-refractivity contribution in [3.05, 3.63) is 46.5 Å². The lowest BCUT2D eigenvalue weighted by Gasteiger charge is -2.37. The van der Waals surface area contributed by atoms with Crippen molar-refractivity contribution in [1.29, 1.82) is 0 Å². The Bertz CT molecular complexity index is 670. The molecule has 1 fully saturated rings. The number of hydrogen-bond acceptors (Lipinski definition) is 2. The van der Waals surface area contributed by atoms with E-state index in [1.54, 1.807) is 12.7 Å². The highest BCUT2D eigenvalue weighted by Crippen LogP contribution is 2.75. The van der Waals surface area contributed by atoms with Crippen molar-refractivity contribution in [2.45, 2.75) is 39.0 Å². The Morgan fingerprint density at radius 1 is 1.13 bits per heavy atom. The molecule has 2 atom stereocenters. The highest BCUT2D eigenvalue weighted by molar-refractivity contribution is 5.84. The second-order valence-corrected chi connectivity index (χ2v) is 6.69. The fourth-order valence-electron chi connectivity index (χ4n) is 4.91. The summed E-state index contributed by atoms with van der Waals surface area (Å²) in [5.74, 6) is 0. The Morgan fingerprint density at radius 3 is 2.61 bits per heavy atom. The molecule has 0 bridgehead atoms. The number of ether oxygens (including phenoxy) is 2. The first-order valence-electron chi connectivity index (χ1n) is 8.69. The molecule has 0 aromatic heterocycles. The van der Waals surface area contributed by atoms with Gasteiger partial charge in [0.1, 0.15) is 0 Å². The second kappa shape index (κ2) is 5.92. The fraction of sp³-hybridized carbons (Fsp3) is 0.524. The van der Waals surface area contributed by atoms with E-state index in [1.807, 2.05) is 21.0 Å². The van der Waals surface area contributed by atoms with Crippen LogP contribution in [0.5, 0.6) is 0 Å². The number of allylic oxidation sites excluding steroid dienone is 1. The van der Waals surface area contributed by atoms with Crippen LogP contribution in [0.15, 0.2) is 29.8 Å². The Balaban J connectivity index is 0.000000753. The number of methoxy groups -OCH3 is 2. The van der Waals surface area contributed by atoms with E-state index in [1.165, 1.54) is 28.7 Å². The molecule has 0 amide bonds. The molecule has 0 radical (unpaired) electrons. The molecule has 4 rings (SSSR count). The van der Waals surface area contributed by atoms with E-state index < -0.39 is 0 Å². The van der Waals surface area contributed by atoms with Gasteiger partial charge in [-0.3, -0.25) is 0 Å². The number of hydrogen-bond donors (Lipinski definition) is 0. The van der Waals surface area contributed by atoms with Gasteiger partial charge in [-0.1, -0.05) is 49.8 Å². The normalized spacial score (nSPS) is 29.4. The molecule has 3 aliphatic carbocycles. The standard InChI is InChI=1S/C19H22O2.C2H6/c1-13-16(10-20-2)15-8-4-6-14-7-5-9-18(17(14)15)11-19(13,18)12-21-3;1-2/h4-8H,9-12H2,1-3H3;1-2H3. The Kier molecular flexibility index (Phi) is 4.24. The van der Waals surface area contributed by atoms with Gasteiger partial charge in [-0.25, -0.2) is 0 Å². The van der Waals surface area contributed by atoms with Gasteiger partial charge in [-0.2, -0.15) is 0 Å². The maximum atomic E-state index is 5.63. The van der Waals surface area contributed by atoms with Crippen LogP contribution in [0.1, 0.15) is 50.3 Å². The van der Waals surface area contributed by atoms with Crippen LogP contribution in [-0.2, 0) is 14.9 Å². The van der Waals surface area contributed by atoms with Crippen LogP contribution in [0.3, 0.4) is 0 Å². The van der Waals surface area contributed by atoms with Crippen molar-refractivity contribution >= 4 is 11.6 Å². The summed E-state index contributed by atoms with van der Waals surface area (Å²) in [4.78, 5) is 0. The Hall–Kier alpha value is -1.38. The van der Waals surface area contributed by atoms with Crippen LogP contribution in [0.25, 0.3) is 11.6 Å². The van der Waals surface area contributed by atoms with E-state index in [9.17, 15) is 0 Å². The molecule has 3 aliphatic rings. The first-order chi connectivity index (χ1) is 11.2. The van der Waals surface area contributed by atoms with Crippen molar-refractivity contribution in [3.8, 4) is 0 Å². The maximum Gasteiger partial charge on any atom is 0.0718 e. The largest absolute Gasteiger partial charge is 0.384 e. The van der Waals surface area contributed by atoms with Crippen molar-refractivity contribution in [1.82, 2.24) is 0 Å². The zero-order valence-corrected chi connectivity index (χ0v) is 15.0. The zero-order chi connectivity index (χ0) is 16.7. The van der Waals surface area contributed by atoms with Gasteiger partial charge in [0.2, 0.25) is 0 Å². The molecule has 0 heterocycles. The average molecular weight is 312 g/mol. The van der Waals surface area contributed by atoms with E-state index in [-0.39, 0.29) is 10.8 Å². The molecule has 0 N–H and O–H groups in total. The Morgan fingerprint density at radius 2 is 1.91 bits per heavy atom. The summed E-state index contributed by atoms with van der Waals surface area (Å²) in [6, 6.07) is 6.69. The van der Waals surface area contributed by atoms with Crippen LogP contribution in [0.2, 0.25) is 0 Å². The minimum absolute atomic E-state index is 0.184. The van der Waals surface area contributed by atoms with Gasteiger partial charge in [0.25, 0.3) is 0 Å². The van der Waals surface area contributed by atoms with E-state index in [0.29, 0.717) is 6.61 Å². The SMILES string of the molecule is CC.COCC1=C(C)C2(COC)CC23CC=Cc2cccc1c23. The van der Waals surface area contributed by atoms with Crippen LogP contribution in [0, 0.1) is 5.41 Å². The van der Waals surface area contributed by atoms with Gasteiger partial charge < -0.3 is 9.47 Å². The molecule has 1 spiro atoms. The van der Waals surface area contributed by atoms with Crippen LogP contribution < -0.4 is 0 Å². The van der Waals surface area contributed by atoms with Crippen molar-refractivity contribution in [2.24, 2.45) is 5.41 Å². The van der Waals surface area contributed by atoms with Gasteiger partial charge in [0.15, 0.2) is 0 Å². The number of rotatable bonds is 4. The van der Waals surface area contributed by atoms with Crippen LogP contribution in [-0.4, -0.2) is 27.4 Å². The summed E-state index contributed by atoms with van der Waals surface area (Å²) in [5.41, 5.74) is 7.63. The highest BCUT2D eigenvalue weighted by Gasteiger charge is 2.71. The quantitative estimate of drug-likeness (QED) is 0.792. The molecule has 0 aliphatic heterocycles. The van der Waals surface area contributed by atoms with Gasteiger partial charge in [-0.05, 0) is 42.0 Å². The molecular weight excluding hydrogens is 284 g/mol. The minimum atomic E-state index is 0.184. The second-order valence-electron chi connectivity index (χ2n) is 6.69. The summed E-state index contributed by atoms with van der Waals surface area (Å²) < 4.78 is 11.1. The Labute approximate surface area is 140 Å². The van der Waals surface area contributed by atoms with Crippen LogP contribution in [0.4, 0.5) is 0 Å². The van der Waals surface area contributed by atoms with E-state index in [4.69, 9.17) is 9.47 Å². The fourth-order valence-corrected chi connectivity index (χ4v) is 4.91. The molecule has 2 heteroatoms. The molecular formula is C21H28O2. The van der Waals surface area contributed by atoms with Crippen molar-refractivity contribution < 1.29 is 9.47 Å². The summed E-state index contributed by atoms with van der Waals surface area (Å²) in [7, 11) is 3.61. The molecule has 2 unspecified atom stereocenters. The molecule has 23 heavy (non-hydrogen) atoms. The van der Waals surface area contributed by atoms with Gasteiger partial charge in [0, 0.05) is 25.0 Å². The van der Waals surface area contributed by atoms with E-state index in [2.05, 4.69) is 37.3 Å². The summed E-state index contributed by atoms with van der Waals surface area (Å²) in [6.07, 6.45) is 6.97. The topological polar surface area (TPSA) is 18.5 Å². The van der Waals surface area contributed by atoms with E-state index >= 15 is 0 Å². The third kappa shape index (κ3) is 2.01. The summed E-state index contributed by atoms with van der Waals surface area (Å²) in [6.45, 7) is 7.79. The average Bonchev–Trinajstić information content (AvgIpc) is 3.23. The van der Waals surface area contributed by atoms with Crippen molar-refractivity contribution in [3.63, 3.8) is 0 Å². The van der Waals surface area contributed by atoms with Crippen LogP contribution >= 0.6 is 0 Å². The molecule has 2 nitrogen and oxygen atoms in total. The predicted octanol–water partition coefficient (Wildman–Crippen LogP) is 4.84. The summed E-state index contributed by atoms with van der Waals surface area (Å²) >= 11 is 0. The van der Waals surface area contributed by atoms with Gasteiger partial charge >= 0.3 is 0 Å². The first kappa shape index (κ1) is 16.5. The van der Waals surface area contributed by atoms with Crippen molar-refractivity contribution in [2.75, 3.05) is 27.4 Å². The van der Waals surface area contributed by atoms with Gasteiger partial charge in [-0.15, -0.1) is 0 Å². The minimum Gasteiger partial charge on any atom is -0.384 e. The smallest absolute Gasteiger partial charge is 0.0718 e. The first-order valence-corrected chi connectivity index (χ1v) is 8.69. The lowest BCUT2D eigenvalue weighted by Crippen LogP contribution is -2.31. The third-order valence-electron chi connectivity index (χ3n) is 5.91. The lowest BCUT2D eigenvalue weighted by molar-refractivity contribution is 0.143. The monoisotopic (exact) mass is 312 g/mol. The molecule has 0 saturated heterocycles. The number of benzene rings is 1. The third-order valence-corrected chi connectivity index (χ3v) is 5.91. The lowest BCUT2D eigenvalue weighted by atomic mass is 9.68. The predicted molar refractivity (Wildman–Crippen MR) is 96.5 cm³/mol. The molecule has 1 saturated carbocycles. The maximum absolute atomic E-state index is 5.63.